The van der Waals surface area contributed by atoms with E-state index in [2.05, 4.69) is 0 Å². The van der Waals surface area contributed by atoms with Crippen LogP contribution in [0.4, 0.5) is 0 Å². The zero-order valence-corrected chi connectivity index (χ0v) is 14.8. The molecule has 130 valence electrons. The van der Waals surface area contributed by atoms with Gasteiger partial charge in [-0.2, -0.15) is 0 Å². The molecule has 0 radical (unpaired) electrons. The van der Waals surface area contributed by atoms with Crippen LogP contribution in [0.3, 0.4) is 0 Å². The summed E-state index contributed by atoms with van der Waals surface area (Å²) in [6.45, 7) is 0. The smallest absolute Gasteiger partial charge is 0.124 e. The highest BCUT2D eigenvalue weighted by Crippen LogP contribution is 2.57. The zero-order valence-electron chi connectivity index (χ0n) is 14.0. The Kier molecular flexibility index (Phi) is 3.41. The lowest BCUT2D eigenvalue weighted by Crippen LogP contribution is -2.18. The van der Waals surface area contributed by atoms with Crippen LogP contribution in [0.2, 0.25) is 0 Å². The molecule has 3 nitrogen and oxygen atoms in total. The van der Waals surface area contributed by atoms with Crippen LogP contribution in [-0.4, -0.2) is 13.0 Å². The molecule has 6 unspecified atom stereocenters. The molecule has 4 bridgehead atoms. The molecule has 0 aromatic heterocycles. The molecule has 6 atom stereocenters. The third kappa shape index (κ3) is 2.29. The minimum absolute atomic E-state index is 0.181. The van der Waals surface area contributed by atoms with Crippen molar-refractivity contribution in [3.05, 3.63) is 29.3 Å². The van der Waals surface area contributed by atoms with Gasteiger partial charge >= 0.3 is 0 Å². The summed E-state index contributed by atoms with van der Waals surface area (Å²) in [6, 6.07) is 5.89. The predicted molar refractivity (Wildman–Crippen MR) is 90.8 cm³/mol. The van der Waals surface area contributed by atoms with Crippen molar-refractivity contribution in [1.82, 2.24) is 0 Å². The van der Waals surface area contributed by atoms with Crippen molar-refractivity contribution >= 4 is 10.1 Å². The van der Waals surface area contributed by atoms with Gasteiger partial charge in [0.25, 0.3) is 0 Å². The quantitative estimate of drug-likeness (QED) is 0.763. The van der Waals surface area contributed by atoms with Crippen LogP contribution in [0.5, 0.6) is 0 Å². The molecule has 4 fully saturated rings. The summed E-state index contributed by atoms with van der Waals surface area (Å²) >= 11 is 0. The second-order valence-corrected chi connectivity index (χ2v) is 10.1. The molecule has 4 aliphatic rings. The van der Waals surface area contributed by atoms with E-state index >= 15 is 0 Å². The number of rotatable bonds is 3. The summed E-state index contributed by atoms with van der Waals surface area (Å²) in [7, 11) is -4.42. The maximum atomic E-state index is 12.2. The molecule has 0 saturated heterocycles. The molecule has 4 aliphatic carbocycles. The molecule has 1 aromatic carbocycles. The van der Waals surface area contributed by atoms with Crippen molar-refractivity contribution < 1.29 is 13.0 Å². The van der Waals surface area contributed by atoms with Gasteiger partial charge in [0.05, 0.1) is 4.90 Å². The lowest BCUT2D eigenvalue weighted by molar-refractivity contribution is 0.396. The molecule has 0 aliphatic heterocycles. The summed E-state index contributed by atoms with van der Waals surface area (Å²) in [4.78, 5) is 0.181. The average Bonchev–Trinajstić information content (AvgIpc) is 3.33. The fourth-order valence-electron chi connectivity index (χ4n) is 6.70. The van der Waals surface area contributed by atoms with Crippen LogP contribution < -0.4 is 0 Å². The van der Waals surface area contributed by atoms with Crippen LogP contribution in [-0.2, 0) is 10.1 Å². The molecule has 0 spiro atoms. The van der Waals surface area contributed by atoms with Gasteiger partial charge < -0.3 is 4.55 Å². The molecule has 4 saturated carbocycles. The van der Waals surface area contributed by atoms with Gasteiger partial charge in [0, 0.05) is 0 Å². The highest BCUT2D eigenvalue weighted by molar-refractivity contribution is 7.85. The Bertz CT molecular complexity index is 723. The van der Waals surface area contributed by atoms with E-state index in [0.29, 0.717) is 23.7 Å². The standard InChI is InChI=1S/C20H26O3S/c21-24(22,23)20-16(18-10-12-4-6-14(18)8-12)2-1-3-17(20)19-11-13-5-7-15(19)9-13/h1-3,12-15,18-19H,4-11H2,(H,21,22,23)/p-1. The summed E-state index contributed by atoms with van der Waals surface area (Å²) in [5, 5.41) is 0. The van der Waals surface area contributed by atoms with Gasteiger partial charge in [-0.25, -0.2) is 8.42 Å². The van der Waals surface area contributed by atoms with E-state index in [1.54, 1.807) is 0 Å². The predicted octanol–water partition coefficient (Wildman–Crippen LogP) is 4.40. The molecular formula is C20H25O3S-. The van der Waals surface area contributed by atoms with E-state index in [0.717, 1.165) is 35.8 Å². The Morgan fingerprint density at radius 2 is 1.29 bits per heavy atom. The first-order valence-electron chi connectivity index (χ1n) is 9.59. The molecule has 0 amide bonds. The molecule has 1 aromatic rings. The molecule has 0 heterocycles. The summed E-state index contributed by atoms with van der Waals surface area (Å²) < 4.78 is 36.7. The van der Waals surface area contributed by atoms with Crippen molar-refractivity contribution in [2.24, 2.45) is 23.7 Å². The van der Waals surface area contributed by atoms with E-state index < -0.39 is 10.1 Å². The van der Waals surface area contributed by atoms with Gasteiger partial charge in [-0.3, -0.25) is 0 Å². The lowest BCUT2D eigenvalue weighted by Gasteiger charge is -2.30. The summed E-state index contributed by atoms with van der Waals surface area (Å²) in [6.07, 6.45) is 9.57. The van der Waals surface area contributed by atoms with Gasteiger partial charge in [0.2, 0.25) is 0 Å². The minimum atomic E-state index is -4.42. The Balaban J connectivity index is 1.62. The van der Waals surface area contributed by atoms with Crippen LogP contribution in [0.25, 0.3) is 0 Å². The third-order valence-corrected chi connectivity index (χ3v) is 8.57. The van der Waals surface area contributed by atoms with Gasteiger partial charge in [-0.15, -0.1) is 0 Å². The average molecular weight is 345 g/mol. The van der Waals surface area contributed by atoms with Crippen molar-refractivity contribution in [2.75, 3.05) is 0 Å². The molecular weight excluding hydrogens is 320 g/mol. The largest absolute Gasteiger partial charge is 0.744 e. The maximum absolute atomic E-state index is 12.2. The first-order valence-corrected chi connectivity index (χ1v) is 11.0. The fourth-order valence-corrected chi connectivity index (χ4v) is 7.71. The number of fused-ring (bicyclic) bond motifs is 4. The number of benzene rings is 1. The van der Waals surface area contributed by atoms with Gasteiger partial charge in [0.1, 0.15) is 10.1 Å². The van der Waals surface area contributed by atoms with Crippen molar-refractivity contribution in [3.63, 3.8) is 0 Å². The summed E-state index contributed by atoms with van der Waals surface area (Å²) in [5.41, 5.74) is 1.72. The van der Waals surface area contributed by atoms with Crippen LogP contribution in [0.1, 0.15) is 74.3 Å². The van der Waals surface area contributed by atoms with Crippen LogP contribution in [0, 0.1) is 23.7 Å². The topological polar surface area (TPSA) is 57.2 Å². The first-order chi connectivity index (χ1) is 11.5. The van der Waals surface area contributed by atoms with E-state index in [9.17, 15) is 13.0 Å². The van der Waals surface area contributed by atoms with Crippen molar-refractivity contribution in [2.45, 2.75) is 68.1 Å². The highest BCUT2D eigenvalue weighted by Gasteiger charge is 2.44. The normalized spacial score (nSPS) is 40.5. The lowest BCUT2D eigenvalue weighted by atomic mass is 9.79. The Hall–Kier alpha value is -0.870. The van der Waals surface area contributed by atoms with E-state index in [4.69, 9.17) is 0 Å². The van der Waals surface area contributed by atoms with Gasteiger partial charge in [0.15, 0.2) is 0 Å². The van der Waals surface area contributed by atoms with Crippen LogP contribution >= 0.6 is 0 Å². The molecule has 5 rings (SSSR count). The minimum Gasteiger partial charge on any atom is -0.744 e. The van der Waals surface area contributed by atoms with Crippen molar-refractivity contribution in [3.8, 4) is 0 Å². The number of hydrogen-bond donors (Lipinski definition) is 0. The van der Waals surface area contributed by atoms with E-state index in [1.165, 1.54) is 38.5 Å². The monoisotopic (exact) mass is 345 g/mol. The fraction of sp³-hybridized carbons (Fsp3) is 0.700. The summed E-state index contributed by atoms with van der Waals surface area (Å²) in [5.74, 6) is 3.25. The van der Waals surface area contributed by atoms with E-state index in [-0.39, 0.29) is 4.90 Å². The third-order valence-electron chi connectivity index (χ3n) is 7.60. The first kappa shape index (κ1) is 15.4. The molecule has 4 heteroatoms. The SMILES string of the molecule is O=S(=O)([O-])c1c(C2CC3CCC2C3)cccc1C1CC2CCC1C2. The number of hydrogen-bond acceptors (Lipinski definition) is 3. The Morgan fingerprint density at radius 3 is 1.62 bits per heavy atom. The highest BCUT2D eigenvalue weighted by atomic mass is 32.2. The van der Waals surface area contributed by atoms with Crippen molar-refractivity contribution in [1.29, 1.82) is 0 Å². The zero-order chi connectivity index (χ0) is 16.5. The van der Waals surface area contributed by atoms with Crippen LogP contribution in [0.15, 0.2) is 23.1 Å². The Labute approximate surface area is 144 Å². The Morgan fingerprint density at radius 1 is 0.792 bits per heavy atom. The maximum Gasteiger partial charge on any atom is 0.124 e. The second-order valence-electron chi connectivity index (χ2n) is 8.78. The van der Waals surface area contributed by atoms with E-state index in [1.807, 2.05) is 18.2 Å². The molecule has 0 N–H and O–H groups in total. The molecule has 24 heavy (non-hydrogen) atoms. The van der Waals surface area contributed by atoms with Gasteiger partial charge in [-0.05, 0) is 85.2 Å². The second kappa shape index (κ2) is 5.31. The van der Waals surface area contributed by atoms with Gasteiger partial charge in [-0.1, -0.05) is 31.0 Å².